The lowest BCUT2D eigenvalue weighted by Gasteiger charge is -2.31. The van der Waals surface area contributed by atoms with Crippen LogP contribution in [0.2, 0.25) is 0 Å². The Morgan fingerprint density at radius 2 is 1.85 bits per heavy atom. The van der Waals surface area contributed by atoms with Crippen molar-refractivity contribution in [3.8, 4) is 0 Å². The summed E-state index contributed by atoms with van der Waals surface area (Å²) in [6.07, 6.45) is 6.17. The fraction of sp³-hybridized carbons (Fsp3) is 0.474. The van der Waals surface area contributed by atoms with Crippen LogP contribution in [0.25, 0.3) is 0 Å². The molecule has 2 saturated carbocycles. The van der Waals surface area contributed by atoms with Gasteiger partial charge in [0.05, 0.1) is 0 Å². The Labute approximate surface area is 156 Å². The van der Waals surface area contributed by atoms with Gasteiger partial charge in [-0.25, -0.2) is 0 Å². The molecule has 1 aromatic carbocycles. The van der Waals surface area contributed by atoms with Crippen LogP contribution in [-0.4, -0.2) is 38.4 Å². The van der Waals surface area contributed by atoms with Crippen LogP contribution in [0.5, 0.6) is 0 Å². The van der Waals surface area contributed by atoms with Gasteiger partial charge in [0.2, 0.25) is 5.91 Å². The van der Waals surface area contributed by atoms with Crippen LogP contribution in [0.15, 0.2) is 35.7 Å². The van der Waals surface area contributed by atoms with Gasteiger partial charge in [-0.1, -0.05) is 47.7 Å². The number of benzene rings is 1. The highest BCUT2D eigenvalue weighted by molar-refractivity contribution is 7.03. The molecule has 7 heteroatoms. The van der Waals surface area contributed by atoms with Crippen molar-refractivity contribution in [2.45, 2.75) is 56.7 Å². The molecule has 0 spiro atoms. The van der Waals surface area contributed by atoms with E-state index in [4.69, 9.17) is 0 Å². The maximum absolute atomic E-state index is 13.2. The highest BCUT2D eigenvalue weighted by atomic mass is 32.1. The van der Waals surface area contributed by atoms with Crippen LogP contribution in [0.1, 0.15) is 60.6 Å². The standard InChI is InChI=1S/C19H22N4O2S/c24-18(20-14-8-4-5-9-14)17(13-6-2-1-3-7-13)23(15-10-11-15)19(25)16-12-26-22-21-16/h1-3,6-7,12,14-15,17H,4-5,8-11H2,(H,20,24)/t17-/m0/s1. The summed E-state index contributed by atoms with van der Waals surface area (Å²) in [5.41, 5.74) is 1.16. The molecule has 136 valence electrons. The molecule has 0 aliphatic heterocycles. The van der Waals surface area contributed by atoms with Gasteiger partial charge in [-0.2, -0.15) is 0 Å². The number of carbonyl (C=O) groups is 2. The first-order valence-corrected chi connectivity index (χ1v) is 10.0. The first kappa shape index (κ1) is 17.1. The largest absolute Gasteiger partial charge is 0.351 e. The maximum atomic E-state index is 13.2. The van der Waals surface area contributed by atoms with Crippen molar-refractivity contribution < 1.29 is 9.59 Å². The van der Waals surface area contributed by atoms with E-state index in [1.54, 1.807) is 10.3 Å². The zero-order valence-electron chi connectivity index (χ0n) is 14.5. The molecule has 0 unspecified atom stereocenters. The summed E-state index contributed by atoms with van der Waals surface area (Å²) in [7, 11) is 0. The third kappa shape index (κ3) is 3.62. The number of nitrogens with zero attached hydrogens (tertiary/aromatic N) is 3. The van der Waals surface area contributed by atoms with Crippen LogP contribution >= 0.6 is 11.5 Å². The number of nitrogens with one attached hydrogen (secondary N) is 1. The van der Waals surface area contributed by atoms with E-state index in [1.165, 1.54) is 0 Å². The number of hydrogen-bond acceptors (Lipinski definition) is 5. The normalized spacial score (nSPS) is 18.5. The van der Waals surface area contributed by atoms with Gasteiger partial charge >= 0.3 is 0 Å². The Hall–Kier alpha value is -2.28. The molecule has 0 bridgehead atoms. The molecule has 0 radical (unpaired) electrons. The Balaban J connectivity index is 1.65. The third-order valence-electron chi connectivity index (χ3n) is 5.10. The van der Waals surface area contributed by atoms with Gasteiger partial charge in [0.15, 0.2) is 5.69 Å². The number of hydrogen-bond donors (Lipinski definition) is 1. The van der Waals surface area contributed by atoms with Crippen molar-refractivity contribution in [3.63, 3.8) is 0 Å². The topological polar surface area (TPSA) is 75.2 Å². The molecule has 2 aliphatic rings. The monoisotopic (exact) mass is 370 g/mol. The second kappa shape index (κ2) is 7.53. The number of amides is 2. The lowest BCUT2D eigenvalue weighted by Crippen LogP contribution is -2.47. The van der Waals surface area contributed by atoms with Crippen LogP contribution in [-0.2, 0) is 4.79 Å². The van der Waals surface area contributed by atoms with E-state index in [1.807, 2.05) is 30.3 Å². The SMILES string of the molecule is O=C(NC1CCCC1)[C@H](c1ccccc1)N(C(=O)c1csnn1)C1CC1. The second-order valence-corrected chi connectivity index (χ2v) is 7.65. The fourth-order valence-corrected chi connectivity index (χ4v) is 4.09. The summed E-state index contributed by atoms with van der Waals surface area (Å²) in [5.74, 6) is -0.303. The molecule has 2 aromatic rings. The van der Waals surface area contributed by atoms with Gasteiger partial charge in [-0.15, -0.1) is 5.10 Å². The molecule has 2 fully saturated rings. The van der Waals surface area contributed by atoms with Crippen LogP contribution in [0, 0.1) is 0 Å². The molecular formula is C19H22N4O2S. The Kier molecular flexibility index (Phi) is 4.97. The number of rotatable bonds is 6. The minimum Gasteiger partial charge on any atom is -0.351 e. The van der Waals surface area contributed by atoms with Gasteiger partial charge in [0.25, 0.3) is 5.91 Å². The molecule has 6 nitrogen and oxygen atoms in total. The van der Waals surface area contributed by atoms with E-state index in [2.05, 4.69) is 14.9 Å². The van der Waals surface area contributed by atoms with Crippen molar-refractivity contribution in [2.75, 3.05) is 0 Å². The van der Waals surface area contributed by atoms with Crippen LogP contribution < -0.4 is 5.32 Å². The van der Waals surface area contributed by atoms with Gasteiger partial charge in [0, 0.05) is 17.5 Å². The molecule has 0 saturated heterocycles. The van der Waals surface area contributed by atoms with E-state index in [0.29, 0.717) is 5.69 Å². The third-order valence-corrected chi connectivity index (χ3v) is 5.60. The maximum Gasteiger partial charge on any atom is 0.276 e. The van der Waals surface area contributed by atoms with Crippen molar-refractivity contribution in [2.24, 2.45) is 0 Å². The number of carbonyl (C=O) groups excluding carboxylic acids is 2. The minimum atomic E-state index is -0.626. The van der Waals surface area contributed by atoms with Gasteiger partial charge < -0.3 is 10.2 Å². The summed E-state index contributed by atoms with van der Waals surface area (Å²) in [6.45, 7) is 0. The van der Waals surface area contributed by atoms with Gasteiger partial charge in [0.1, 0.15) is 6.04 Å². The Bertz CT molecular complexity index is 755. The lowest BCUT2D eigenvalue weighted by molar-refractivity contribution is -0.126. The molecular weight excluding hydrogens is 348 g/mol. The summed E-state index contributed by atoms with van der Waals surface area (Å²) in [5, 5.41) is 8.75. The van der Waals surface area contributed by atoms with Crippen molar-refractivity contribution >= 4 is 23.3 Å². The van der Waals surface area contributed by atoms with E-state index >= 15 is 0 Å². The van der Waals surface area contributed by atoms with Crippen molar-refractivity contribution in [1.29, 1.82) is 0 Å². The molecule has 1 N–H and O–H groups in total. The molecule has 2 amide bonds. The zero-order chi connectivity index (χ0) is 17.9. The van der Waals surface area contributed by atoms with E-state index < -0.39 is 6.04 Å². The summed E-state index contributed by atoms with van der Waals surface area (Å²) < 4.78 is 3.81. The molecule has 26 heavy (non-hydrogen) atoms. The van der Waals surface area contributed by atoms with Crippen molar-refractivity contribution in [3.05, 3.63) is 47.0 Å². The first-order valence-electron chi connectivity index (χ1n) is 9.19. The van der Waals surface area contributed by atoms with Crippen LogP contribution in [0.3, 0.4) is 0 Å². The molecule has 2 aliphatic carbocycles. The zero-order valence-corrected chi connectivity index (χ0v) is 15.3. The minimum absolute atomic E-state index is 0.0868. The Morgan fingerprint density at radius 1 is 1.12 bits per heavy atom. The highest BCUT2D eigenvalue weighted by Gasteiger charge is 2.42. The highest BCUT2D eigenvalue weighted by Crippen LogP contribution is 2.36. The lowest BCUT2D eigenvalue weighted by atomic mass is 10.0. The van der Waals surface area contributed by atoms with E-state index in [9.17, 15) is 9.59 Å². The predicted molar refractivity (Wildman–Crippen MR) is 98.7 cm³/mol. The van der Waals surface area contributed by atoms with E-state index in [0.717, 1.165) is 55.6 Å². The Morgan fingerprint density at radius 3 is 2.46 bits per heavy atom. The molecule has 4 rings (SSSR count). The molecule has 1 heterocycles. The number of aromatic nitrogens is 2. The first-order chi connectivity index (χ1) is 12.7. The summed E-state index contributed by atoms with van der Waals surface area (Å²) in [4.78, 5) is 28.0. The fourth-order valence-electron chi connectivity index (χ4n) is 3.66. The average molecular weight is 370 g/mol. The van der Waals surface area contributed by atoms with Crippen molar-refractivity contribution in [1.82, 2.24) is 19.8 Å². The van der Waals surface area contributed by atoms with Crippen LogP contribution in [0.4, 0.5) is 0 Å². The van der Waals surface area contributed by atoms with Gasteiger partial charge in [-0.3, -0.25) is 9.59 Å². The second-order valence-electron chi connectivity index (χ2n) is 7.04. The van der Waals surface area contributed by atoms with Gasteiger partial charge in [-0.05, 0) is 42.8 Å². The summed E-state index contributed by atoms with van der Waals surface area (Å²) >= 11 is 1.15. The van der Waals surface area contributed by atoms with E-state index in [-0.39, 0.29) is 23.9 Å². The molecule has 1 aromatic heterocycles. The predicted octanol–water partition coefficient (Wildman–Crippen LogP) is 2.94. The smallest absolute Gasteiger partial charge is 0.276 e. The average Bonchev–Trinajstić information content (AvgIpc) is 3.12. The summed E-state index contributed by atoms with van der Waals surface area (Å²) in [6, 6.07) is 9.24. The quantitative estimate of drug-likeness (QED) is 0.848. The molecule has 1 atom stereocenters.